The molecule has 0 spiro atoms. The lowest BCUT2D eigenvalue weighted by Gasteiger charge is -2.33. The SMILES string of the molecule is CCCCCN1CCCC(NC(=O)CC)C1. The Balaban J connectivity index is 2.21. The van der Waals surface area contributed by atoms with E-state index in [1.807, 2.05) is 6.92 Å². The van der Waals surface area contributed by atoms with E-state index < -0.39 is 0 Å². The number of amides is 1. The largest absolute Gasteiger partial charge is 0.352 e. The number of rotatable bonds is 6. The Labute approximate surface area is 99.6 Å². The molecule has 1 fully saturated rings. The summed E-state index contributed by atoms with van der Waals surface area (Å²) in [5.41, 5.74) is 0. The fraction of sp³-hybridized carbons (Fsp3) is 0.923. The van der Waals surface area contributed by atoms with Crippen molar-refractivity contribution in [1.82, 2.24) is 10.2 Å². The summed E-state index contributed by atoms with van der Waals surface area (Å²) in [6, 6.07) is 0.392. The molecule has 0 saturated carbocycles. The predicted molar refractivity (Wildman–Crippen MR) is 67.4 cm³/mol. The molecule has 1 N–H and O–H groups in total. The van der Waals surface area contributed by atoms with Gasteiger partial charge in [0.25, 0.3) is 0 Å². The maximum atomic E-state index is 11.3. The number of piperidine rings is 1. The van der Waals surface area contributed by atoms with Crippen molar-refractivity contribution >= 4 is 5.91 Å². The standard InChI is InChI=1S/C13H26N2O/c1-3-5-6-9-15-10-7-8-12(11-15)14-13(16)4-2/h12H,3-11H2,1-2H3,(H,14,16). The Bertz CT molecular complexity index is 206. The van der Waals surface area contributed by atoms with Gasteiger partial charge in [-0.05, 0) is 32.4 Å². The molecule has 16 heavy (non-hydrogen) atoms. The molecule has 0 aromatic rings. The van der Waals surface area contributed by atoms with E-state index in [-0.39, 0.29) is 5.91 Å². The van der Waals surface area contributed by atoms with Crippen LogP contribution in [-0.2, 0) is 4.79 Å². The number of carbonyl (C=O) groups excluding carboxylic acids is 1. The molecule has 1 aliphatic heterocycles. The van der Waals surface area contributed by atoms with Crippen LogP contribution in [0.5, 0.6) is 0 Å². The maximum Gasteiger partial charge on any atom is 0.219 e. The van der Waals surface area contributed by atoms with Gasteiger partial charge in [-0.25, -0.2) is 0 Å². The summed E-state index contributed by atoms with van der Waals surface area (Å²) in [5.74, 6) is 0.195. The molecule has 1 saturated heterocycles. The Morgan fingerprint density at radius 2 is 2.19 bits per heavy atom. The Kier molecular flexibility index (Phi) is 6.46. The van der Waals surface area contributed by atoms with Crippen molar-refractivity contribution in [2.24, 2.45) is 0 Å². The second kappa shape index (κ2) is 7.66. The quantitative estimate of drug-likeness (QED) is 0.704. The van der Waals surface area contributed by atoms with Crippen molar-refractivity contribution in [3.63, 3.8) is 0 Å². The number of hydrogen-bond acceptors (Lipinski definition) is 2. The highest BCUT2D eigenvalue weighted by molar-refractivity contribution is 5.75. The first kappa shape index (κ1) is 13.5. The highest BCUT2D eigenvalue weighted by atomic mass is 16.1. The molecule has 1 heterocycles. The van der Waals surface area contributed by atoms with Crippen LogP contribution >= 0.6 is 0 Å². The van der Waals surface area contributed by atoms with Crippen LogP contribution in [0.3, 0.4) is 0 Å². The lowest BCUT2D eigenvalue weighted by Crippen LogP contribution is -2.47. The summed E-state index contributed by atoms with van der Waals surface area (Å²) in [5, 5.41) is 3.11. The average molecular weight is 226 g/mol. The van der Waals surface area contributed by atoms with Gasteiger partial charge in [0, 0.05) is 19.0 Å². The number of carbonyl (C=O) groups is 1. The van der Waals surface area contributed by atoms with E-state index in [2.05, 4.69) is 17.1 Å². The average Bonchev–Trinajstić information content (AvgIpc) is 2.30. The van der Waals surface area contributed by atoms with Crippen LogP contribution in [0.2, 0.25) is 0 Å². The molecule has 1 aliphatic rings. The third kappa shape index (κ3) is 4.97. The van der Waals surface area contributed by atoms with E-state index in [1.165, 1.54) is 38.8 Å². The van der Waals surface area contributed by atoms with Gasteiger partial charge in [-0.15, -0.1) is 0 Å². The van der Waals surface area contributed by atoms with Crippen LogP contribution in [-0.4, -0.2) is 36.5 Å². The van der Waals surface area contributed by atoms with Crippen LogP contribution < -0.4 is 5.32 Å². The topological polar surface area (TPSA) is 32.3 Å². The summed E-state index contributed by atoms with van der Waals surface area (Å²) in [6.45, 7) is 7.61. The second-order valence-corrected chi connectivity index (χ2v) is 4.77. The molecular formula is C13H26N2O. The van der Waals surface area contributed by atoms with Crippen molar-refractivity contribution in [1.29, 1.82) is 0 Å². The van der Waals surface area contributed by atoms with Crippen LogP contribution in [0.15, 0.2) is 0 Å². The zero-order valence-corrected chi connectivity index (χ0v) is 10.8. The van der Waals surface area contributed by atoms with Gasteiger partial charge >= 0.3 is 0 Å². The number of unbranched alkanes of at least 4 members (excludes halogenated alkanes) is 2. The fourth-order valence-electron chi connectivity index (χ4n) is 2.29. The zero-order valence-electron chi connectivity index (χ0n) is 10.8. The molecule has 94 valence electrons. The number of nitrogens with one attached hydrogen (secondary N) is 1. The summed E-state index contributed by atoms with van der Waals surface area (Å²) in [7, 11) is 0. The molecular weight excluding hydrogens is 200 g/mol. The Morgan fingerprint density at radius 1 is 1.38 bits per heavy atom. The minimum absolute atomic E-state index is 0.195. The van der Waals surface area contributed by atoms with E-state index in [4.69, 9.17) is 0 Å². The van der Waals surface area contributed by atoms with Gasteiger partial charge in [-0.2, -0.15) is 0 Å². The summed E-state index contributed by atoms with van der Waals surface area (Å²) >= 11 is 0. The van der Waals surface area contributed by atoms with Crippen molar-refractivity contribution < 1.29 is 4.79 Å². The normalized spacial score (nSPS) is 22.0. The molecule has 0 radical (unpaired) electrons. The molecule has 1 unspecified atom stereocenters. The molecule has 1 rings (SSSR count). The van der Waals surface area contributed by atoms with Crippen LogP contribution in [0.4, 0.5) is 0 Å². The maximum absolute atomic E-state index is 11.3. The lowest BCUT2D eigenvalue weighted by atomic mass is 10.0. The fourth-order valence-corrected chi connectivity index (χ4v) is 2.29. The predicted octanol–water partition coefficient (Wildman–Crippen LogP) is 2.17. The lowest BCUT2D eigenvalue weighted by molar-refractivity contribution is -0.121. The second-order valence-electron chi connectivity index (χ2n) is 4.77. The van der Waals surface area contributed by atoms with E-state index in [1.54, 1.807) is 0 Å². The van der Waals surface area contributed by atoms with Gasteiger partial charge < -0.3 is 10.2 Å². The minimum atomic E-state index is 0.195. The van der Waals surface area contributed by atoms with Gasteiger partial charge in [-0.3, -0.25) is 4.79 Å². The van der Waals surface area contributed by atoms with E-state index in [0.717, 1.165) is 13.0 Å². The van der Waals surface area contributed by atoms with Crippen molar-refractivity contribution in [2.75, 3.05) is 19.6 Å². The summed E-state index contributed by atoms with van der Waals surface area (Å²) in [4.78, 5) is 13.8. The van der Waals surface area contributed by atoms with E-state index >= 15 is 0 Å². The van der Waals surface area contributed by atoms with Gasteiger partial charge in [-0.1, -0.05) is 26.7 Å². The first-order valence-electron chi connectivity index (χ1n) is 6.78. The van der Waals surface area contributed by atoms with E-state index in [9.17, 15) is 4.79 Å². The smallest absolute Gasteiger partial charge is 0.219 e. The molecule has 0 aromatic carbocycles. The Hall–Kier alpha value is -0.570. The van der Waals surface area contributed by atoms with Gasteiger partial charge in [0.05, 0.1) is 0 Å². The number of nitrogens with zero attached hydrogens (tertiary/aromatic N) is 1. The molecule has 1 atom stereocenters. The van der Waals surface area contributed by atoms with Crippen molar-refractivity contribution in [3.05, 3.63) is 0 Å². The Morgan fingerprint density at radius 3 is 2.88 bits per heavy atom. The van der Waals surface area contributed by atoms with E-state index in [0.29, 0.717) is 12.5 Å². The number of likely N-dealkylation sites (tertiary alicyclic amines) is 1. The van der Waals surface area contributed by atoms with Crippen LogP contribution in [0.25, 0.3) is 0 Å². The molecule has 0 bridgehead atoms. The molecule has 1 amide bonds. The third-order valence-electron chi connectivity index (χ3n) is 3.27. The van der Waals surface area contributed by atoms with Gasteiger partial charge in [0.15, 0.2) is 0 Å². The van der Waals surface area contributed by atoms with Gasteiger partial charge in [0.1, 0.15) is 0 Å². The molecule has 0 aliphatic carbocycles. The third-order valence-corrected chi connectivity index (χ3v) is 3.27. The minimum Gasteiger partial charge on any atom is -0.352 e. The molecule has 3 heteroatoms. The zero-order chi connectivity index (χ0) is 11.8. The van der Waals surface area contributed by atoms with Crippen LogP contribution in [0, 0.1) is 0 Å². The monoisotopic (exact) mass is 226 g/mol. The highest BCUT2D eigenvalue weighted by Crippen LogP contribution is 2.11. The first-order chi connectivity index (χ1) is 7.76. The molecule has 0 aromatic heterocycles. The summed E-state index contributed by atoms with van der Waals surface area (Å²) in [6.07, 6.45) is 6.88. The van der Waals surface area contributed by atoms with Crippen molar-refractivity contribution in [2.45, 2.75) is 58.4 Å². The van der Waals surface area contributed by atoms with Gasteiger partial charge in [0.2, 0.25) is 5.91 Å². The van der Waals surface area contributed by atoms with Crippen molar-refractivity contribution in [3.8, 4) is 0 Å². The summed E-state index contributed by atoms with van der Waals surface area (Å²) < 4.78 is 0. The molecule has 3 nitrogen and oxygen atoms in total. The highest BCUT2D eigenvalue weighted by Gasteiger charge is 2.20. The first-order valence-corrected chi connectivity index (χ1v) is 6.78. The van der Waals surface area contributed by atoms with Crippen LogP contribution in [0.1, 0.15) is 52.4 Å². The number of hydrogen-bond donors (Lipinski definition) is 1.